The maximum Gasteiger partial charge on any atom is 0 e. The van der Waals surface area contributed by atoms with Crippen molar-refractivity contribution in [2.75, 3.05) is 0 Å². The molecule has 1 radical (unpaired) electrons. The SMILES string of the molecule is [CH2-]c1c(O)ccc(O)c1[CH2-].[Y]. The molecule has 3 heteroatoms. The third-order valence-electron chi connectivity index (χ3n) is 1.38. The molecular formula is C8H8O2Y-2. The van der Waals surface area contributed by atoms with Crippen LogP contribution in [0.2, 0.25) is 0 Å². The van der Waals surface area contributed by atoms with Gasteiger partial charge in [-0.2, -0.15) is 0 Å². The van der Waals surface area contributed by atoms with Crippen molar-refractivity contribution >= 4 is 0 Å². The molecule has 0 aliphatic carbocycles. The Morgan fingerprint density at radius 1 is 0.909 bits per heavy atom. The van der Waals surface area contributed by atoms with Crippen LogP contribution in [-0.4, -0.2) is 10.2 Å². The van der Waals surface area contributed by atoms with Gasteiger partial charge in [-0.1, -0.05) is 12.1 Å². The summed E-state index contributed by atoms with van der Waals surface area (Å²) < 4.78 is 0. The summed E-state index contributed by atoms with van der Waals surface area (Å²) in [5, 5.41) is 18.0. The van der Waals surface area contributed by atoms with Gasteiger partial charge in [0.25, 0.3) is 0 Å². The molecule has 0 aliphatic heterocycles. The van der Waals surface area contributed by atoms with Crippen LogP contribution in [0.15, 0.2) is 12.1 Å². The van der Waals surface area contributed by atoms with E-state index in [0.717, 1.165) is 0 Å². The first-order valence-electron chi connectivity index (χ1n) is 2.82. The monoisotopic (exact) mass is 225 g/mol. The van der Waals surface area contributed by atoms with Gasteiger partial charge in [0.2, 0.25) is 0 Å². The molecule has 0 bridgehead atoms. The molecule has 0 aliphatic rings. The number of phenolic OH excluding ortho intramolecular Hbond substituents is 2. The summed E-state index contributed by atoms with van der Waals surface area (Å²) in [6, 6.07) is 2.76. The third-order valence-corrected chi connectivity index (χ3v) is 1.38. The molecule has 1 aromatic carbocycles. The van der Waals surface area contributed by atoms with E-state index in [1.54, 1.807) is 0 Å². The predicted molar refractivity (Wildman–Crippen MR) is 38.7 cm³/mol. The van der Waals surface area contributed by atoms with E-state index in [1.165, 1.54) is 12.1 Å². The molecule has 1 rings (SSSR count). The fourth-order valence-corrected chi connectivity index (χ4v) is 0.668. The molecule has 0 fully saturated rings. The van der Waals surface area contributed by atoms with E-state index in [2.05, 4.69) is 13.8 Å². The summed E-state index contributed by atoms with van der Waals surface area (Å²) in [5.74, 6) is 0.116. The Hall–Kier alpha value is -0.336. The maximum absolute atomic E-state index is 9.01. The van der Waals surface area contributed by atoms with Gasteiger partial charge >= 0.3 is 0 Å². The van der Waals surface area contributed by atoms with Crippen molar-refractivity contribution in [3.05, 3.63) is 37.1 Å². The van der Waals surface area contributed by atoms with Gasteiger partial charge in [0, 0.05) is 32.7 Å². The number of aromatic hydroxyl groups is 2. The third kappa shape index (κ3) is 2.04. The van der Waals surface area contributed by atoms with E-state index >= 15 is 0 Å². The first kappa shape index (κ1) is 10.7. The second kappa shape index (κ2) is 3.89. The van der Waals surface area contributed by atoms with E-state index in [4.69, 9.17) is 10.2 Å². The standard InChI is InChI=1S/C8H8O2.Y/c1-5-6(2)8(10)4-3-7(5)9;/h3-4,9-10H,1-2H2;/q-2;. The van der Waals surface area contributed by atoms with Crippen LogP contribution in [0.5, 0.6) is 11.5 Å². The predicted octanol–water partition coefficient (Wildman–Crippen LogP) is 1.46. The number of rotatable bonds is 0. The van der Waals surface area contributed by atoms with E-state index < -0.39 is 0 Å². The molecule has 2 N–H and O–H groups in total. The maximum atomic E-state index is 9.01. The summed E-state index contributed by atoms with van der Waals surface area (Å²) >= 11 is 0. The molecule has 11 heavy (non-hydrogen) atoms. The average molecular weight is 225 g/mol. The minimum Gasteiger partial charge on any atom is -0.578 e. The minimum absolute atomic E-state index is 0. The van der Waals surface area contributed by atoms with E-state index in [-0.39, 0.29) is 44.2 Å². The zero-order valence-corrected chi connectivity index (χ0v) is 8.88. The van der Waals surface area contributed by atoms with Crippen LogP contribution in [0, 0.1) is 13.8 Å². The smallest absolute Gasteiger partial charge is 0 e. The van der Waals surface area contributed by atoms with E-state index in [1.807, 2.05) is 0 Å². The quantitative estimate of drug-likeness (QED) is 0.518. The fraction of sp³-hybridized carbons (Fsp3) is 0. The molecule has 0 spiro atoms. The molecule has 0 unspecified atom stereocenters. The molecular weight excluding hydrogens is 217 g/mol. The van der Waals surface area contributed by atoms with Crippen LogP contribution in [0.3, 0.4) is 0 Å². The Morgan fingerprint density at radius 3 is 1.45 bits per heavy atom. The summed E-state index contributed by atoms with van der Waals surface area (Å²) in [4.78, 5) is 0. The molecule has 1 aromatic rings. The van der Waals surface area contributed by atoms with Crippen LogP contribution >= 0.6 is 0 Å². The van der Waals surface area contributed by atoms with Crippen molar-refractivity contribution in [3.8, 4) is 11.5 Å². The van der Waals surface area contributed by atoms with Crippen LogP contribution in [0.1, 0.15) is 11.1 Å². The minimum atomic E-state index is 0. The molecule has 2 nitrogen and oxygen atoms in total. The topological polar surface area (TPSA) is 40.5 Å². The van der Waals surface area contributed by atoms with Gasteiger partial charge in [-0.15, -0.1) is 0 Å². The fourth-order valence-electron chi connectivity index (χ4n) is 0.668. The number of benzene rings is 1. The molecule has 0 amide bonds. The average Bonchev–Trinajstić information content (AvgIpc) is 1.93. The zero-order chi connectivity index (χ0) is 7.72. The van der Waals surface area contributed by atoms with Gasteiger partial charge in [0.15, 0.2) is 0 Å². The van der Waals surface area contributed by atoms with Crippen LogP contribution < -0.4 is 0 Å². The molecule has 0 saturated carbocycles. The van der Waals surface area contributed by atoms with Gasteiger partial charge in [-0.25, -0.2) is 0 Å². The number of hydrogen-bond donors (Lipinski definition) is 2. The Bertz CT molecular complexity index is 232. The Labute approximate surface area is 91.1 Å². The normalized spacial score (nSPS) is 8.73. The van der Waals surface area contributed by atoms with E-state index in [0.29, 0.717) is 11.1 Å². The number of hydrogen-bond acceptors (Lipinski definition) is 2. The number of phenols is 2. The first-order valence-corrected chi connectivity index (χ1v) is 2.82. The van der Waals surface area contributed by atoms with Crippen LogP contribution in [-0.2, 0) is 32.7 Å². The van der Waals surface area contributed by atoms with Crippen molar-refractivity contribution in [2.24, 2.45) is 0 Å². The Balaban J connectivity index is 0.000001000. The largest absolute Gasteiger partial charge is 0.578 e. The van der Waals surface area contributed by atoms with Crippen molar-refractivity contribution in [2.45, 2.75) is 0 Å². The Morgan fingerprint density at radius 2 is 1.18 bits per heavy atom. The summed E-state index contributed by atoms with van der Waals surface area (Å²) in [6.07, 6.45) is 0. The molecule has 0 aromatic heterocycles. The van der Waals surface area contributed by atoms with Crippen molar-refractivity contribution in [3.63, 3.8) is 0 Å². The molecule has 0 saturated heterocycles. The van der Waals surface area contributed by atoms with Crippen molar-refractivity contribution in [1.29, 1.82) is 0 Å². The molecule has 57 valence electrons. The summed E-state index contributed by atoms with van der Waals surface area (Å²) in [5.41, 5.74) is 0.750. The summed E-state index contributed by atoms with van der Waals surface area (Å²) in [6.45, 7) is 7.02. The zero-order valence-electron chi connectivity index (χ0n) is 6.04. The molecule has 0 heterocycles. The van der Waals surface area contributed by atoms with Gasteiger partial charge in [-0.3, -0.25) is 25.0 Å². The van der Waals surface area contributed by atoms with Gasteiger partial charge in [0.05, 0.1) is 0 Å². The molecule has 0 atom stereocenters. The van der Waals surface area contributed by atoms with Crippen LogP contribution in [0.4, 0.5) is 0 Å². The van der Waals surface area contributed by atoms with Gasteiger partial charge in [-0.05, 0) is 11.5 Å². The second-order valence-corrected chi connectivity index (χ2v) is 2.06. The Kier molecular flexibility index (Phi) is 3.77. The van der Waals surface area contributed by atoms with Crippen molar-refractivity contribution < 1.29 is 42.9 Å². The second-order valence-electron chi connectivity index (χ2n) is 2.06. The van der Waals surface area contributed by atoms with Crippen molar-refractivity contribution in [1.82, 2.24) is 0 Å². The summed E-state index contributed by atoms with van der Waals surface area (Å²) in [7, 11) is 0. The van der Waals surface area contributed by atoms with Crippen LogP contribution in [0.25, 0.3) is 0 Å². The van der Waals surface area contributed by atoms with E-state index in [9.17, 15) is 0 Å². The first-order chi connectivity index (χ1) is 4.63. The van der Waals surface area contributed by atoms with Gasteiger partial charge < -0.3 is 10.2 Å². The van der Waals surface area contributed by atoms with Gasteiger partial charge in [0.1, 0.15) is 0 Å².